The number of carbonyl (C=O) groups is 1. The molecule has 0 aliphatic carbocycles. The molecule has 22 heavy (non-hydrogen) atoms. The molecule has 1 N–H and O–H groups in total. The van der Waals surface area contributed by atoms with Crippen molar-refractivity contribution in [1.82, 2.24) is 10.2 Å². The average Bonchev–Trinajstić information content (AvgIpc) is 2.47. The molecule has 1 atom stereocenters. The van der Waals surface area contributed by atoms with Crippen LogP contribution in [0.1, 0.15) is 6.92 Å². The number of likely N-dealkylation sites (N-methyl/N-ethyl adjacent to an activating group) is 1. The first kappa shape index (κ1) is 18.2. The number of hydrogen-bond acceptors (Lipinski definition) is 5. The van der Waals surface area contributed by atoms with Crippen molar-refractivity contribution in [2.24, 2.45) is 0 Å². The van der Waals surface area contributed by atoms with E-state index in [0.29, 0.717) is 12.2 Å². The smallest absolute Gasteiger partial charge is 0.292 e. The van der Waals surface area contributed by atoms with Crippen LogP contribution in [0.2, 0.25) is 0 Å². The van der Waals surface area contributed by atoms with Crippen molar-refractivity contribution in [3.8, 4) is 0 Å². The predicted octanol–water partition coefficient (Wildman–Crippen LogP) is 1.27. The van der Waals surface area contributed by atoms with Crippen LogP contribution >= 0.6 is 12.4 Å². The van der Waals surface area contributed by atoms with Gasteiger partial charge in [0.25, 0.3) is 5.69 Å². The number of benzene rings is 1. The van der Waals surface area contributed by atoms with Gasteiger partial charge < -0.3 is 15.1 Å². The van der Waals surface area contributed by atoms with Gasteiger partial charge in [0.1, 0.15) is 5.69 Å². The van der Waals surface area contributed by atoms with E-state index in [-0.39, 0.29) is 36.6 Å². The molecule has 0 saturated carbocycles. The number of amides is 1. The second kappa shape index (κ2) is 7.95. The zero-order chi connectivity index (χ0) is 15.4. The minimum atomic E-state index is -0.427. The third-order valence-corrected chi connectivity index (χ3v) is 3.68. The molecule has 1 amide bonds. The van der Waals surface area contributed by atoms with Gasteiger partial charge in [0.2, 0.25) is 5.91 Å². The lowest BCUT2D eigenvalue weighted by atomic mass is 10.2. The lowest BCUT2D eigenvalue weighted by Gasteiger charge is -2.35. The van der Waals surface area contributed by atoms with Gasteiger partial charge in [-0.05, 0) is 13.0 Å². The second-order valence-corrected chi connectivity index (χ2v) is 5.24. The molecule has 0 unspecified atom stereocenters. The summed E-state index contributed by atoms with van der Waals surface area (Å²) < 4.78 is 0. The van der Waals surface area contributed by atoms with Crippen LogP contribution in [0.5, 0.6) is 0 Å². The van der Waals surface area contributed by atoms with E-state index in [1.54, 1.807) is 30.1 Å². The highest BCUT2D eigenvalue weighted by atomic mass is 35.5. The number of nitrogens with zero attached hydrogens (tertiary/aromatic N) is 3. The molecule has 2 rings (SSSR count). The molecular formula is C14H21ClN4O3. The molecule has 1 saturated heterocycles. The molecule has 1 heterocycles. The first-order valence-corrected chi connectivity index (χ1v) is 6.95. The zero-order valence-electron chi connectivity index (χ0n) is 12.7. The number of hydrogen-bond donors (Lipinski definition) is 1. The second-order valence-electron chi connectivity index (χ2n) is 5.24. The monoisotopic (exact) mass is 328 g/mol. The quantitative estimate of drug-likeness (QED) is 0.665. The van der Waals surface area contributed by atoms with Crippen LogP contribution in [0.15, 0.2) is 24.3 Å². The van der Waals surface area contributed by atoms with E-state index in [2.05, 4.69) is 5.32 Å². The van der Waals surface area contributed by atoms with E-state index in [1.165, 1.54) is 6.07 Å². The van der Waals surface area contributed by atoms with Crippen molar-refractivity contribution in [3.63, 3.8) is 0 Å². The Kier molecular flexibility index (Phi) is 6.58. The van der Waals surface area contributed by atoms with Crippen molar-refractivity contribution in [2.75, 3.05) is 38.1 Å². The van der Waals surface area contributed by atoms with Crippen molar-refractivity contribution in [3.05, 3.63) is 34.4 Å². The van der Waals surface area contributed by atoms with Gasteiger partial charge in [-0.1, -0.05) is 12.1 Å². The number of nitro groups is 1. The Morgan fingerprint density at radius 2 is 2.18 bits per heavy atom. The normalized spacial score (nSPS) is 17.5. The number of halogens is 1. The first-order valence-electron chi connectivity index (χ1n) is 6.95. The van der Waals surface area contributed by atoms with Gasteiger partial charge in [0, 0.05) is 38.8 Å². The Morgan fingerprint density at radius 1 is 1.50 bits per heavy atom. The SMILES string of the molecule is C[C@@H]1CNCCN1C(=O)CN(C)c1ccccc1[N+](=O)[O-].Cl. The number of nitrogens with one attached hydrogen (secondary N) is 1. The van der Waals surface area contributed by atoms with E-state index in [1.807, 2.05) is 11.8 Å². The summed E-state index contributed by atoms with van der Waals surface area (Å²) in [6, 6.07) is 6.60. The minimum Gasteiger partial charge on any atom is -0.360 e. The van der Waals surface area contributed by atoms with Gasteiger partial charge in [-0.3, -0.25) is 14.9 Å². The Morgan fingerprint density at radius 3 is 2.82 bits per heavy atom. The average molecular weight is 329 g/mol. The fourth-order valence-corrected chi connectivity index (χ4v) is 2.53. The number of para-hydroxylation sites is 2. The molecule has 0 bridgehead atoms. The molecule has 1 aromatic carbocycles. The molecule has 0 aromatic heterocycles. The lowest BCUT2D eigenvalue weighted by Crippen LogP contribution is -2.54. The highest BCUT2D eigenvalue weighted by molar-refractivity contribution is 5.85. The van der Waals surface area contributed by atoms with E-state index < -0.39 is 4.92 Å². The maximum Gasteiger partial charge on any atom is 0.292 e. The molecule has 7 nitrogen and oxygen atoms in total. The van der Waals surface area contributed by atoms with Gasteiger partial charge in [0.15, 0.2) is 0 Å². The number of nitro benzene ring substituents is 1. The molecule has 1 aromatic rings. The van der Waals surface area contributed by atoms with Crippen molar-refractivity contribution in [2.45, 2.75) is 13.0 Å². The van der Waals surface area contributed by atoms with Gasteiger partial charge in [-0.15, -0.1) is 12.4 Å². The molecule has 122 valence electrons. The predicted molar refractivity (Wildman–Crippen MR) is 87.7 cm³/mol. The summed E-state index contributed by atoms with van der Waals surface area (Å²) in [6.07, 6.45) is 0. The van der Waals surface area contributed by atoms with Gasteiger partial charge in [-0.2, -0.15) is 0 Å². The largest absolute Gasteiger partial charge is 0.360 e. The summed E-state index contributed by atoms with van der Waals surface area (Å²) in [7, 11) is 1.70. The van der Waals surface area contributed by atoms with Gasteiger partial charge >= 0.3 is 0 Å². The van der Waals surface area contributed by atoms with Crippen LogP contribution < -0.4 is 10.2 Å². The molecular weight excluding hydrogens is 308 g/mol. The van der Waals surface area contributed by atoms with Crippen molar-refractivity contribution < 1.29 is 9.72 Å². The van der Waals surface area contributed by atoms with Crippen molar-refractivity contribution >= 4 is 29.7 Å². The van der Waals surface area contributed by atoms with E-state index >= 15 is 0 Å². The number of anilines is 1. The van der Waals surface area contributed by atoms with Crippen molar-refractivity contribution in [1.29, 1.82) is 0 Å². The molecule has 8 heteroatoms. The first-order chi connectivity index (χ1) is 10.0. The van der Waals surface area contributed by atoms with Crippen LogP contribution in [0.4, 0.5) is 11.4 Å². The maximum absolute atomic E-state index is 12.4. The van der Waals surface area contributed by atoms with Crippen LogP contribution in [-0.2, 0) is 4.79 Å². The van der Waals surface area contributed by atoms with Crippen LogP contribution in [0.25, 0.3) is 0 Å². The summed E-state index contributed by atoms with van der Waals surface area (Å²) in [4.78, 5) is 26.4. The highest BCUT2D eigenvalue weighted by Crippen LogP contribution is 2.26. The standard InChI is InChI=1S/C14H20N4O3.ClH/c1-11-9-15-7-8-17(11)14(19)10-16(2)12-5-3-4-6-13(12)18(20)21;/h3-6,11,15H,7-10H2,1-2H3;1H/t11-;/m1./s1. The van der Waals surface area contributed by atoms with Crippen LogP contribution in [-0.4, -0.2) is 55.0 Å². The van der Waals surface area contributed by atoms with Crippen LogP contribution in [0, 0.1) is 10.1 Å². The maximum atomic E-state index is 12.4. The number of carbonyl (C=O) groups excluding carboxylic acids is 1. The fourth-order valence-electron chi connectivity index (χ4n) is 2.53. The Hall–Kier alpha value is -1.86. The molecule has 1 fully saturated rings. The lowest BCUT2D eigenvalue weighted by molar-refractivity contribution is -0.384. The topological polar surface area (TPSA) is 78.7 Å². The Balaban J connectivity index is 0.00000242. The van der Waals surface area contributed by atoms with Gasteiger partial charge in [0.05, 0.1) is 11.5 Å². The highest BCUT2D eigenvalue weighted by Gasteiger charge is 2.25. The van der Waals surface area contributed by atoms with Crippen LogP contribution in [0.3, 0.4) is 0 Å². The third-order valence-electron chi connectivity index (χ3n) is 3.68. The molecule has 1 aliphatic heterocycles. The van der Waals surface area contributed by atoms with E-state index in [4.69, 9.17) is 0 Å². The zero-order valence-corrected chi connectivity index (χ0v) is 13.5. The third kappa shape index (κ3) is 4.08. The molecule has 0 radical (unpaired) electrons. The van der Waals surface area contributed by atoms with E-state index in [0.717, 1.165) is 13.1 Å². The van der Waals surface area contributed by atoms with E-state index in [9.17, 15) is 14.9 Å². The Bertz CT molecular complexity index is 541. The molecule has 0 spiro atoms. The number of rotatable bonds is 4. The summed E-state index contributed by atoms with van der Waals surface area (Å²) in [6.45, 7) is 4.36. The fraction of sp³-hybridized carbons (Fsp3) is 0.500. The summed E-state index contributed by atoms with van der Waals surface area (Å²) in [5, 5.41) is 14.3. The summed E-state index contributed by atoms with van der Waals surface area (Å²) >= 11 is 0. The molecule has 1 aliphatic rings. The summed E-state index contributed by atoms with van der Waals surface area (Å²) in [5.41, 5.74) is 0.472. The van der Waals surface area contributed by atoms with Gasteiger partial charge in [-0.25, -0.2) is 0 Å². The minimum absolute atomic E-state index is 0. The Labute approximate surface area is 135 Å². The summed E-state index contributed by atoms with van der Waals surface area (Å²) in [5.74, 6) is -0.00958. The number of piperazine rings is 1.